The van der Waals surface area contributed by atoms with Crippen LogP contribution in [-0.2, 0) is 14.8 Å². The molecule has 2 N–H and O–H groups in total. The van der Waals surface area contributed by atoms with Gasteiger partial charge in [-0.2, -0.15) is 4.31 Å². The van der Waals surface area contributed by atoms with Gasteiger partial charge in [0, 0.05) is 57.9 Å². The van der Waals surface area contributed by atoms with Crippen molar-refractivity contribution in [2.75, 3.05) is 51.7 Å². The summed E-state index contributed by atoms with van der Waals surface area (Å²) in [4.78, 5) is 13.7. The number of benzene rings is 1. The van der Waals surface area contributed by atoms with Crippen LogP contribution < -0.4 is 15.4 Å². The van der Waals surface area contributed by atoms with E-state index < -0.39 is 10.0 Å². The number of nitrogens with zero attached hydrogens (tertiary/aromatic N) is 2. The van der Waals surface area contributed by atoms with E-state index >= 15 is 0 Å². The first kappa shape index (κ1) is 21.9. The highest BCUT2D eigenvalue weighted by Gasteiger charge is 2.37. The summed E-state index contributed by atoms with van der Waals surface area (Å²) in [5.74, 6) is 0.0307. The molecule has 10 heteroatoms. The number of anilines is 1. The van der Waals surface area contributed by atoms with E-state index in [0.717, 1.165) is 32.6 Å². The van der Waals surface area contributed by atoms with Gasteiger partial charge in [0.15, 0.2) is 0 Å². The molecule has 0 spiro atoms. The van der Waals surface area contributed by atoms with Crippen molar-refractivity contribution in [3.05, 3.63) is 18.2 Å². The summed E-state index contributed by atoms with van der Waals surface area (Å²) in [5, 5.41) is 5.94. The summed E-state index contributed by atoms with van der Waals surface area (Å²) in [5.41, 5.74) is 0.440. The predicted octanol–water partition coefficient (Wildman–Crippen LogP) is 0.744. The molecule has 1 atom stereocenters. The van der Waals surface area contributed by atoms with Crippen molar-refractivity contribution < 1.29 is 17.9 Å². The van der Waals surface area contributed by atoms with Crippen molar-refractivity contribution in [1.82, 2.24) is 14.5 Å². The fraction of sp³-hybridized carbons (Fsp3) is 0.588. The average molecular weight is 419 g/mol. The van der Waals surface area contributed by atoms with Crippen LogP contribution in [0.1, 0.15) is 13.3 Å². The van der Waals surface area contributed by atoms with Crippen LogP contribution in [0.25, 0.3) is 0 Å². The third-order valence-electron chi connectivity index (χ3n) is 4.90. The lowest BCUT2D eigenvalue weighted by molar-refractivity contribution is -0.114. The van der Waals surface area contributed by atoms with Gasteiger partial charge in [-0.15, -0.1) is 12.4 Å². The first-order chi connectivity index (χ1) is 12.4. The summed E-state index contributed by atoms with van der Waals surface area (Å²) >= 11 is 0. The molecular weight excluding hydrogens is 392 g/mol. The molecule has 1 aromatic carbocycles. The van der Waals surface area contributed by atoms with Crippen LogP contribution in [0.15, 0.2) is 23.1 Å². The largest absolute Gasteiger partial charge is 0.495 e. The molecule has 2 heterocycles. The first-order valence-corrected chi connectivity index (χ1v) is 10.3. The molecule has 0 aliphatic carbocycles. The van der Waals surface area contributed by atoms with E-state index in [2.05, 4.69) is 15.5 Å². The number of amides is 1. The van der Waals surface area contributed by atoms with E-state index in [1.807, 2.05) is 0 Å². The number of halogens is 1. The Balaban J connectivity index is 0.00000261. The van der Waals surface area contributed by atoms with Gasteiger partial charge in [0.1, 0.15) is 10.6 Å². The van der Waals surface area contributed by atoms with E-state index in [4.69, 9.17) is 4.74 Å². The number of carbonyl (C=O) groups excluding carboxylic acids is 1. The van der Waals surface area contributed by atoms with Gasteiger partial charge in [-0.1, -0.05) is 0 Å². The van der Waals surface area contributed by atoms with E-state index in [1.54, 1.807) is 12.1 Å². The molecular formula is C17H27ClN4O4S. The standard InChI is InChI=1S/C17H26N4O4S.ClH/c1-13(22)19-14-3-4-16(25-2)17(11-14)26(23,24)21-8-5-15(12-21)20-9-6-18-7-10-20;/h3-4,11,15,18H,5-10,12H2,1-2H3,(H,19,22);1H. The molecule has 27 heavy (non-hydrogen) atoms. The summed E-state index contributed by atoms with van der Waals surface area (Å²) in [6.07, 6.45) is 0.826. The minimum absolute atomic E-state index is 0. The number of sulfonamides is 1. The molecule has 8 nitrogen and oxygen atoms in total. The maximum absolute atomic E-state index is 13.2. The predicted molar refractivity (Wildman–Crippen MR) is 106 cm³/mol. The zero-order valence-corrected chi connectivity index (χ0v) is 17.2. The van der Waals surface area contributed by atoms with Crippen molar-refractivity contribution in [2.24, 2.45) is 0 Å². The molecule has 2 saturated heterocycles. The van der Waals surface area contributed by atoms with Crippen LogP contribution in [0.3, 0.4) is 0 Å². The van der Waals surface area contributed by atoms with E-state index in [1.165, 1.54) is 24.4 Å². The zero-order chi connectivity index (χ0) is 18.7. The maximum Gasteiger partial charge on any atom is 0.246 e. The Bertz CT molecular complexity index is 768. The lowest BCUT2D eigenvalue weighted by Gasteiger charge is -2.32. The Morgan fingerprint density at radius 1 is 1.26 bits per heavy atom. The number of hydrogen-bond acceptors (Lipinski definition) is 6. The molecule has 2 aliphatic heterocycles. The quantitative estimate of drug-likeness (QED) is 0.733. The lowest BCUT2D eigenvalue weighted by atomic mass is 10.2. The fourth-order valence-corrected chi connectivity index (χ4v) is 5.25. The topological polar surface area (TPSA) is 91.0 Å². The van der Waals surface area contributed by atoms with Gasteiger partial charge in [-0.3, -0.25) is 9.69 Å². The molecule has 1 unspecified atom stereocenters. The summed E-state index contributed by atoms with van der Waals surface area (Å²) in [6.45, 7) is 6.13. The lowest BCUT2D eigenvalue weighted by Crippen LogP contribution is -2.49. The number of piperazine rings is 1. The molecule has 0 radical (unpaired) electrons. The zero-order valence-electron chi connectivity index (χ0n) is 15.6. The molecule has 2 fully saturated rings. The normalized spacial score (nSPS) is 21.5. The Hall–Kier alpha value is -1.39. The van der Waals surface area contributed by atoms with Crippen LogP contribution in [0.5, 0.6) is 5.75 Å². The highest BCUT2D eigenvalue weighted by atomic mass is 35.5. The Labute approximate surface area is 166 Å². The maximum atomic E-state index is 13.2. The van der Waals surface area contributed by atoms with Crippen LogP contribution in [0, 0.1) is 0 Å². The van der Waals surface area contributed by atoms with Crippen molar-refractivity contribution >= 4 is 34.0 Å². The highest BCUT2D eigenvalue weighted by Crippen LogP contribution is 2.32. The first-order valence-electron chi connectivity index (χ1n) is 8.82. The minimum atomic E-state index is -3.70. The van der Waals surface area contributed by atoms with E-state index in [0.29, 0.717) is 18.8 Å². The van der Waals surface area contributed by atoms with Crippen LogP contribution in [0.2, 0.25) is 0 Å². The van der Waals surface area contributed by atoms with Gasteiger partial charge in [0.2, 0.25) is 15.9 Å². The molecule has 152 valence electrons. The fourth-order valence-electron chi connectivity index (χ4n) is 3.57. The highest BCUT2D eigenvalue weighted by molar-refractivity contribution is 7.89. The molecule has 2 aliphatic rings. The van der Waals surface area contributed by atoms with Crippen molar-refractivity contribution in [3.63, 3.8) is 0 Å². The number of ether oxygens (including phenoxy) is 1. The van der Waals surface area contributed by atoms with Crippen LogP contribution >= 0.6 is 12.4 Å². The van der Waals surface area contributed by atoms with Gasteiger partial charge < -0.3 is 15.4 Å². The van der Waals surface area contributed by atoms with E-state index in [-0.39, 0.29) is 35.0 Å². The Kier molecular flexibility index (Phi) is 7.47. The average Bonchev–Trinajstić information content (AvgIpc) is 3.13. The SMILES string of the molecule is COc1ccc(NC(C)=O)cc1S(=O)(=O)N1CCC(N2CCNCC2)C1.Cl. The second-order valence-electron chi connectivity index (χ2n) is 6.64. The smallest absolute Gasteiger partial charge is 0.246 e. The summed E-state index contributed by atoms with van der Waals surface area (Å²) < 4.78 is 33.1. The molecule has 1 aromatic rings. The molecule has 3 rings (SSSR count). The van der Waals surface area contributed by atoms with Crippen molar-refractivity contribution in [2.45, 2.75) is 24.3 Å². The monoisotopic (exact) mass is 418 g/mol. The summed E-state index contributed by atoms with van der Waals surface area (Å²) in [7, 11) is -2.25. The van der Waals surface area contributed by atoms with Crippen LogP contribution in [0.4, 0.5) is 5.69 Å². The van der Waals surface area contributed by atoms with Crippen molar-refractivity contribution in [3.8, 4) is 5.75 Å². The molecule has 0 saturated carbocycles. The number of nitrogens with one attached hydrogen (secondary N) is 2. The van der Waals surface area contributed by atoms with Gasteiger partial charge in [-0.05, 0) is 24.6 Å². The second kappa shape index (κ2) is 9.20. The number of rotatable bonds is 5. The third-order valence-corrected chi connectivity index (χ3v) is 6.78. The van der Waals surface area contributed by atoms with E-state index in [9.17, 15) is 13.2 Å². The number of hydrogen-bond donors (Lipinski definition) is 2. The molecule has 0 bridgehead atoms. The number of carbonyl (C=O) groups is 1. The summed E-state index contributed by atoms with van der Waals surface area (Å²) in [6, 6.07) is 4.92. The molecule has 1 amide bonds. The van der Waals surface area contributed by atoms with Crippen LogP contribution in [-0.4, -0.2) is 76.0 Å². The van der Waals surface area contributed by atoms with Crippen molar-refractivity contribution in [1.29, 1.82) is 0 Å². The van der Waals surface area contributed by atoms with Gasteiger partial charge in [-0.25, -0.2) is 8.42 Å². The Morgan fingerprint density at radius 2 is 1.96 bits per heavy atom. The second-order valence-corrected chi connectivity index (χ2v) is 8.54. The van der Waals surface area contributed by atoms with Gasteiger partial charge in [0.25, 0.3) is 0 Å². The number of methoxy groups -OCH3 is 1. The Morgan fingerprint density at radius 3 is 2.59 bits per heavy atom. The molecule has 0 aromatic heterocycles. The van der Waals surface area contributed by atoms with Gasteiger partial charge >= 0.3 is 0 Å². The minimum Gasteiger partial charge on any atom is -0.495 e. The van der Waals surface area contributed by atoms with Gasteiger partial charge in [0.05, 0.1) is 7.11 Å². The third kappa shape index (κ3) is 4.91.